The van der Waals surface area contributed by atoms with E-state index in [-0.39, 0.29) is 5.92 Å². The average molecular weight is 311 g/mol. The van der Waals surface area contributed by atoms with Crippen LogP contribution in [0.4, 0.5) is 5.82 Å². The largest absolute Gasteiger partial charge is 0.369 e. The van der Waals surface area contributed by atoms with Gasteiger partial charge in [0.05, 0.1) is 0 Å². The van der Waals surface area contributed by atoms with Gasteiger partial charge >= 0.3 is 0 Å². The summed E-state index contributed by atoms with van der Waals surface area (Å²) in [5.74, 6) is 2.57. The molecule has 1 aromatic heterocycles. The zero-order valence-electron chi connectivity index (χ0n) is 13.6. The predicted molar refractivity (Wildman–Crippen MR) is 89.2 cm³/mol. The summed E-state index contributed by atoms with van der Waals surface area (Å²) in [5.41, 5.74) is 0.939. The maximum absolute atomic E-state index is 6.22. The molecule has 4 nitrogen and oxygen atoms in total. The summed E-state index contributed by atoms with van der Waals surface area (Å²) in [7, 11) is 0. The van der Waals surface area contributed by atoms with E-state index in [1.807, 2.05) is 6.92 Å². The highest BCUT2D eigenvalue weighted by molar-refractivity contribution is 6.30. The lowest BCUT2D eigenvalue weighted by Gasteiger charge is -2.21. The molecule has 1 N–H and O–H groups in total. The molecule has 0 bridgehead atoms. The fourth-order valence-corrected chi connectivity index (χ4v) is 2.85. The van der Waals surface area contributed by atoms with Crippen LogP contribution < -0.4 is 5.32 Å². The molecule has 1 unspecified atom stereocenters. The van der Waals surface area contributed by atoms with E-state index in [1.165, 1.54) is 25.9 Å². The SMILES string of the molecule is Cc1c(Cl)nc(C(C)C)nc1NCC(C)CN1CCCC1. The summed E-state index contributed by atoms with van der Waals surface area (Å²) in [6.07, 6.45) is 2.69. The van der Waals surface area contributed by atoms with Gasteiger partial charge in [-0.25, -0.2) is 9.97 Å². The minimum Gasteiger partial charge on any atom is -0.369 e. The third-order valence-electron chi connectivity index (χ3n) is 4.01. The molecule has 1 aliphatic rings. The normalized spacial score (nSPS) is 17.4. The molecule has 21 heavy (non-hydrogen) atoms. The van der Waals surface area contributed by atoms with E-state index in [0.29, 0.717) is 11.1 Å². The van der Waals surface area contributed by atoms with Gasteiger partial charge in [0, 0.05) is 24.6 Å². The van der Waals surface area contributed by atoms with Crippen molar-refractivity contribution < 1.29 is 0 Å². The molecule has 2 rings (SSSR count). The summed E-state index contributed by atoms with van der Waals surface area (Å²) in [6, 6.07) is 0. The van der Waals surface area contributed by atoms with Crippen LogP contribution in [0, 0.1) is 12.8 Å². The van der Waals surface area contributed by atoms with E-state index < -0.39 is 0 Å². The van der Waals surface area contributed by atoms with Crippen molar-refractivity contribution in [1.29, 1.82) is 0 Å². The van der Waals surface area contributed by atoms with E-state index in [0.717, 1.165) is 30.3 Å². The third kappa shape index (κ3) is 4.55. The smallest absolute Gasteiger partial charge is 0.137 e. The fourth-order valence-electron chi connectivity index (χ4n) is 2.68. The van der Waals surface area contributed by atoms with Crippen molar-refractivity contribution in [2.45, 2.75) is 46.5 Å². The van der Waals surface area contributed by atoms with Crippen LogP contribution >= 0.6 is 11.6 Å². The van der Waals surface area contributed by atoms with E-state index in [9.17, 15) is 0 Å². The Balaban J connectivity index is 1.95. The number of nitrogens with zero attached hydrogens (tertiary/aromatic N) is 3. The maximum Gasteiger partial charge on any atom is 0.137 e. The molecule has 118 valence electrons. The first-order valence-corrected chi connectivity index (χ1v) is 8.35. The number of likely N-dealkylation sites (tertiary alicyclic amines) is 1. The molecule has 1 aromatic rings. The molecule has 0 spiro atoms. The minimum atomic E-state index is 0.283. The van der Waals surface area contributed by atoms with Gasteiger partial charge in [-0.3, -0.25) is 0 Å². The lowest BCUT2D eigenvalue weighted by molar-refractivity contribution is 0.294. The van der Waals surface area contributed by atoms with Crippen LogP contribution in [0.1, 0.15) is 50.9 Å². The van der Waals surface area contributed by atoms with Crippen molar-refractivity contribution in [3.8, 4) is 0 Å². The van der Waals surface area contributed by atoms with Crippen molar-refractivity contribution in [2.75, 3.05) is 31.5 Å². The van der Waals surface area contributed by atoms with Gasteiger partial charge < -0.3 is 10.2 Å². The van der Waals surface area contributed by atoms with Crippen molar-refractivity contribution in [3.63, 3.8) is 0 Å². The van der Waals surface area contributed by atoms with Gasteiger partial charge in [-0.2, -0.15) is 0 Å². The Morgan fingerprint density at radius 1 is 1.19 bits per heavy atom. The molecular weight excluding hydrogens is 284 g/mol. The first-order valence-electron chi connectivity index (χ1n) is 7.97. The third-order valence-corrected chi connectivity index (χ3v) is 4.37. The molecule has 0 aromatic carbocycles. The Labute approximate surface area is 133 Å². The molecule has 1 fully saturated rings. The molecule has 2 heterocycles. The molecule has 0 saturated carbocycles. The molecule has 0 amide bonds. The summed E-state index contributed by atoms with van der Waals surface area (Å²) in [5, 5.41) is 4.02. The highest BCUT2D eigenvalue weighted by Crippen LogP contribution is 2.23. The van der Waals surface area contributed by atoms with Gasteiger partial charge in [0.1, 0.15) is 16.8 Å². The standard InChI is InChI=1S/C16H27ClN4/c1-11(2)15-19-14(17)13(4)16(20-15)18-9-12(3)10-21-7-5-6-8-21/h11-12H,5-10H2,1-4H3,(H,18,19,20). The summed E-state index contributed by atoms with van der Waals surface area (Å²) in [6.45, 7) is 13.0. The van der Waals surface area contributed by atoms with Gasteiger partial charge in [0.25, 0.3) is 0 Å². The first-order chi connectivity index (χ1) is 9.97. The van der Waals surface area contributed by atoms with E-state index >= 15 is 0 Å². The van der Waals surface area contributed by atoms with Crippen LogP contribution in [-0.4, -0.2) is 41.0 Å². The van der Waals surface area contributed by atoms with Crippen LogP contribution in [0.5, 0.6) is 0 Å². The second-order valence-electron chi connectivity index (χ2n) is 6.49. The lowest BCUT2D eigenvalue weighted by atomic mass is 10.1. The highest BCUT2D eigenvalue weighted by Gasteiger charge is 2.16. The summed E-state index contributed by atoms with van der Waals surface area (Å²) < 4.78 is 0. The molecule has 1 atom stereocenters. The van der Waals surface area contributed by atoms with Crippen molar-refractivity contribution in [2.24, 2.45) is 5.92 Å². The number of anilines is 1. The van der Waals surface area contributed by atoms with E-state index in [4.69, 9.17) is 11.6 Å². The van der Waals surface area contributed by atoms with Crippen LogP contribution in [0.15, 0.2) is 0 Å². The quantitative estimate of drug-likeness (QED) is 0.813. The van der Waals surface area contributed by atoms with Crippen LogP contribution in [0.3, 0.4) is 0 Å². The Kier molecular flexibility index (Phi) is 5.82. The molecule has 0 radical (unpaired) electrons. The number of nitrogens with one attached hydrogen (secondary N) is 1. The first kappa shape index (κ1) is 16.5. The van der Waals surface area contributed by atoms with Gasteiger partial charge in [0.2, 0.25) is 0 Å². The number of rotatable bonds is 6. The molecule has 1 saturated heterocycles. The predicted octanol–water partition coefficient (Wildman–Crippen LogP) is 3.71. The zero-order chi connectivity index (χ0) is 15.4. The topological polar surface area (TPSA) is 41.1 Å². The second-order valence-corrected chi connectivity index (χ2v) is 6.85. The second kappa shape index (κ2) is 7.41. The van der Waals surface area contributed by atoms with Crippen LogP contribution in [-0.2, 0) is 0 Å². The van der Waals surface area contributed by atoms with E-state index in [2.05, 4.69) is 41.0 Å². The van der Waals surface area contributed by atoms with Gasteiger partial charge in [-0.05, 0) is 38.8 Å². The van der Waals surface area contributed by atoms with Gasteiger partial charge in [0.15, 0.2) is 0 Å². The van der Waals surface area contributed by atoms with E-state index in [1.54, 1.807) is 0 Å². The zero-order valence-corrected chi connectivity index (χ0v) is 14.4. The Morgan fingerprint density at radius 3 is 2.48 bits per heavy atom. The highest BCUT2D eigenvalue weighted by atomic mass is 35.5. The minimum absolute atomic E-state index is 0.283. The Hall–Kier alpha value is -0.870. The monoisotopic (exact) mass is 310 g/mol. The molecule has 1 aliphatic heterocycles. The molecule has 5 heteroatoms. The Morgan fingerprint density at radius 2 is 1.86 bits per heavy atom. The molecular formula is C16H27ClN4. The fraction of sp³-hybridized carbons (Fsp3) is 0.750. The van der Waals surface area contributed by atoms with Crippen molar-refractivity contribution in [3.05, 3.63) is 16.5 Å². The van der Waals surface area contributed by atoms with Gasteiger partial charge in [-0.15, -0.1) is 0 Å². The van der Waals surface area contributed by atoms with Crippen LogP contribution in [0.2, 0.25) is 5.15 Å². The number of aromatic nitrogens is 2. The summed E-state index contributed by atoms with van der Waals surface area (Å²) in [4.78, 5) is 11.5. The summed E-state index contributed by atoms with van der Waals surface area (Å²) >= 11 is 6.22. The van der Waals surface area contributed by atoms with Crippen LogP contribution in [0.25, 0.3) is 0 Å². The molecule has 0 aliphatic carbocycles. The number of hydrogen-bond acceptors (Lipinski definition) is 4. The Bertz CT molecular complexity index is 470. The van der Waals surface area contributed by atoms with Crippen molar-refractivity contribution >= 4 is 17.4 Å². The lowest BCUT2D eigenvalue weighted by Crippen LogP contribution is -2.29. The van der Waals surface area contributed by atoms with Crippen molar-refractivity contribution in [1.82, 2.24) is 14.9 Å². The van der Waals surface area contributed by atoms with Gasteiger partial charge in [-0.1, -0.05) is 32.4 Å². The average Bonchev–Trinajstić information content (AvgIpc) is 2.92. The maximum atomic E-state index is 6.22. The number of hydrogen-bond donors (Lipinski definition) is 1. The number of halogens is 1.